The lowest BCUT2D eigenvalue weighted by molar-refractivity contribution is 0.0691. The molecule has 0 aliphatic rings. The van der Waals surface area contributed by atoms with Crippen LogP contribution in [0.5, 0.6) is 5.75 Å². The summed E-state index contributed by atoms with van der Waals surface area (Å²) in [6.45, 7) is 1.83. The van der Waals surface area contributed by atoms with Gasteiger partial charge in [-0.1, -0.05) is 29.8 Å². The zero-order valence-corrected chi connectivity index (χ0v) is 11.4. The molecule has 0 amide bonds. The second-order valence-electron chi connectivity index (χ2n) is 4.31. The van der Waals surface area contributed by atoms with Crippen LogP contribution in [0.1, 0.15) is 21.5 Å². The van der Waals surface area contributed by atoms with Crippen molar-refractivity contribution < 1.29 is 19.0 Å². The number of carbonyl (C=O) groups is 1. The molecule has 0 bridgehead atoms. The first-order valence-electron chi connectivity index (χ1n) is 5.88. The Kier molecular flexibility index (Phi) is 4.25. The van der Waals surface area contributed by atoms with Crippen LogP contribution in [0.25, 0.3) is 0 Å². The molecule has 3 nitrogen and oxygen atoms in total. The van der Waals surface area contributed by atoms with Gasteiger partial charge in [-0.2, -0.15) is 0 Å². The zero-order valence-electron chi connectivity index (χ0n) is 10.7. The smallest absolute Gasteiger partial charge is 0.339 e. The third-order valence-electron chi connectivity index (χ3n) is 2.78. The Morgan fingerprint density at radius 1 is 1.35 bits per heavy atom. The number of halogens is 2. The molecule has 0 heterocycles. The van der Waals surface area contributed by atoms with E-state index in [1.165, 1.54) is 18.2 Å². The maximum atomic E-state index is 13.3. The number of hydrogen-bond donors (Lipinski definition) is 1. The molecule has 0 saturated heterocycles. The van der Waals surface area contributed by atoms with Gasteiger partial charge in [0.05, 0.1) is 5.02 Å². The van der Waals surface area contributed by atoms with E-state index in [1.807, 2.05) is 6.92 Å². The van der Waals surface area contributed by atoms with Crippen molar-refractivity contribution in [2.24, 2.45) is 0 Å². The second-order valence-corrected chi connectivity index (χ2v) is 4.68. The highest BCUT2D eigenvalue weighted by Gasteiger charge is 2.13. The number of aromatic carboxylic acids is 1. The summed E-state index contributed by atoms with van der Waals surface area (Å²) in [7, 11) is 0. The maximum Gasteiger partial charge on any atom is 0.339 e. The summed E-state index contributed by atoms with van der Waals surface area (Å²) < 4.78 is 18.8. The molecule has 0 aromatic heterocycles. The van der Waals surface area contributed by atoms with E-state index in [2.05, 4.69) is 0 Å². The molecular weight excluding hydrogens is 283 g/mol. The molecule has 0 atom stereocenters. The van der Waals surface area contributed by atoms with Crippen LogP contribution in [-0.2, 0) is 6.61 Å². The summed E-state index contributed by atoms with van der Waals surface area (Å²) in [5.74, 6) is -1.38. The van der Waals surface area contributed by atoms with Crippen molar-refractivity contribution in [3.63, 3.8) is 0 Å². The molecule has 0 fully saturated rings. The Hall–Kier alpha value is -2.07. The highest BCUT2D eigenvalue weighted by molar-refractivity contribution is 6.31. The number of carboxylic acid groups (broad SMARTS) is 1. The molecule has 0 aliphatic carbocycles. The van der Waals surface area contributed by atoms with Gasteiger partial charge < -0.3 is 9.84 Å². The largest absolute Gasteiger partial charge is 0.488 e. The van der Waals surface area contributed by atoms with Crippen molar-refractivity contribution in [2.45, 2.75) is 13.5 Å². The average molecular weight is 295 g/mol. The molecule has 0 spiro atoms. The first kappa shape index (κ1) is 14.3. The second kappa shape index (κ2) is 5.92. The van der Waals surface area contributed by atoms with E-state index in [9.17, 15) is 9.18 Å². The topological polar surface area (TPSA) is 46.5 Å². The van der Waals surface area contributed by atoms with Crippen LogP contribution >= 0.6 is 11.6 Å². The van der Waals surface area contributed by atoms with Gasteiger partial charge in [0.25, 0.3) is 0 Å². The normalized spacial score (nSPS) is 10.3. The third-order valence-corrected chi connectivity index (χ3v) is 3.21. The van der Waals surface area contributed by atoms with Crippen LogP contribution in [0.15, 0.2) is 36.4 Å². The molecule has 104 valence electrons. The summed E-state index contributed by atoms with van der Waals surface area (Å²) >= 11 is 5.82. The fraction of sp³-hybridized carbons (Fsp3) is 0.133. The predicted octanol–water partition coefficient (Wildman–Crippen LogP) is 4.06. The van der Waals surface area contributed by atoms with Crippen molar-refractivity contribution in [2.75, 3.05) is 0 Å². The fourth-order valence-electron chi connectivity index (χ4n) is 1.74. The van der Waals surface area contributed by atoms with E-state index in [1.54, 1.807) is 18.2 Å². The summed E-state index contributed by atoms with van der Waals surface area (Å²) in [5, 5.41) is 9.07. The zero-order chi connectivity index (χ0) is 14.7. The number of aryl methyl sites for hydroxylation is 1. The van der Waals surface area contributed by atoms with Gasteiger partial charge in [-0.3, -0.25) is 0 Å². The Balaban J connectivity index is 2.24. The molecule has 0 unspecified atom stereocenters. The van der Waals surface area contributed by atoms with Crippen molar-refractivity contribution in [1.82, 2.24) is 0 Å². The van der Waals surface area contributed by atoms with E-state index >= 15 is 0 Å². The molecule has 2 aromatic rings. The van der Waals surface area contributed by atoms with Gasteiger partial charge >= 0.3 is 5.97 Å². The van der Waals surface area contributed by atoms with E-state index in [0.29, 0.717) is 5.56 Å². The SMILES string of the molecule is Cc1ccc(C(=O)O)c(OCc2cccc(F)c2Cl)c1. The number of carboxylic acids is 1. The minimum atomic E-state index is -1.08. The quantitative estimate of drug-likeness (QED) is 0.925. The molecule has 1 N–H and O–H groups in total. The lowest BCUT2D eigenvalue weighted by Gasteiger charge is -2.11. The lowest BCUT2D eigenvalue weighted by atomic mass is 10.1. The monoisotopic (exact) mass is 294 g/mol. The Morgan fingerprint density at radius 2 is 2.10 bits per heavy atom. The molecular formula is C15H12ClFO3. The Bertz CT molecular complexity index is 656. The van der Waals surface area contributed by atoms with Crippen LogP contribution in [0, 0.1) is 12.7 Å². The van der Waals surface area contributed by atoms with Gasteiger partial charge in [0, 0.05) is 5.56 Å². The molecule has 0 radical (unpaired) electrons. The number of ether oxygens (including phenoxy) is 1. The third kappa shape index (κ3) is 3.08. The molecule has 0 saturated carbocycles. The fourth-order valence-corrected chi connectivity index (χ4v) is 1.92. The van der Waals surface area contributed by atoms with Crippen LogP contribution < -0.4 is 4.74 Å². The van der Waals surface area contributed by atoms with Gasteiger partial charge in [-0.15, -0.1) is 0 Å². The minimum absolute atomic E-state index is 0.000324. The van der Waals surface area contributed by atoms with E-state index in [4.69, 9.17) is 21.4 Å². The summed E-state index contributed by atoms with van der Waals surface area (Å²) in [4.78, 5) is 11.1. The van der Waals surface area contributed by atoms with Crippen molar-refractivity contribution in [3.8, 4) is 5.75 Å². The Labute approximate surface area is 120 Å². The van der Waals surface area contributed by atoms with Crippen LogP contribution in [0.3, 0.4) is 0 Å². The summed E-state index contributed by atoms with van der Waals surface area (Å²) in [6.07, 6.45) is 0. The van der Waals surface area contributed by atoms with Gasteiger partial charge in [0.2, 0.25) is 0 Å². The number of rotatable bonds is 4. The van der Waals surface area contributed by atoms with Crippen molar-refractivity contribution in [3.05, 3.63) is 63.9 Å². The van der Waals surface area contributed by atoms with E-state index in [-0.39, 0.29) is 22.9 Å². The minimum Gasteiger partial charge on any atom is -0.488 e. The Morgan fingerprint density at radius 3 is 2.80 bits per heavy atom. The van der Waals surface area contributed by atoms with Crippen LogP contribution in [-0.4, -0.2) is 11.1 Å². The molecule has 0 aliphatic heterocycles. The molecule has 2 rings (SSSR count). The molecule has 20 heavy (non-hydrogen) atoms. The highest BCUT2D eigenvalue weighted by atomic mass is 35.5. The molecule has 2 aromatic carbocycles. The van der Waals surface area contributed by atoms with E-state index in [0.717, 1.165) is 5.56 Å². The highest BCUT2D eigenvalue weighted by Crippen LogP contribution is 2.24. The van der Waals surface area contributed by atoms with Crippen LogP contribution in [0.4, 0.5) is 4.39 Å². The van der Waals surface area contributed by atoms with Gasteiger partial charge in [-0.05, 0) is 30.7 Å². The maximum absolute atomic E-state index is 13.3. The van der Waals surface area contributed by atoms with Gasteiger partial charge in [-0.25, -0.2) is 9.18 Å². The number of hydrogen-bond acceptors (Lipinski definition) is 2. The standard InChI is InChI=1S/C15H12ClFO3/c1-9-5-6-11(15(18)19)13(7-9)20-8-10-3-2-4-12(17)14(10)16/h2-7H,8H2,1H3,(H,18,19). The summed E-state index contributed by atoms with van der Waals surface area (Å²) in [5.41, 5.74) is 1.39. The van der Waals surface area contributed by atoms with Crippen molar-refractivity contribution >= 4 is 17.6 Å². The first-order chi connectivity index (χ1) is 9.49. The predicted molar refractivity (Wildman–Crippen MR) is 73.9 cm³/mol. The number of benzene rings is 2. The van der Waals surface area contributed by atoms with Crippen molar-refractivity contribution in [1.29, 1.82) is 0 Å². The lowest BCUT2D eigenvalue weighted by Crippen LogP contribution is -2.04. The van der Waals surface area contributed by atoms with Gasteiger partial charge in [0.15, 0.2) is 0 Å². The van der Waals surface area contributed by atoms with Gasteiger partial charge in [0.1, 0.15) is 23.7 Å². The van der Waals surface area contributed by atoms with E-state index < -0.39 is 11.8 Å². The van der Waals surface area contributed by atoms with Crippen LogP contribution in [0.2, 0.25) is 5.02 Å². The average Bonchev–Trinajstić information content (AvgIpc) is 2.40. The summed E-state index contributed by atoms with van der Waals surface area (Å²) in [6, 6.07) is 9.18. The first-order valence-corrected chi connectivity index (χ1v) is 6.26. The molecule has 5 heteroatoms.